The molecule has 2 nitrogen and oxygen atoms in total. The van der Waals surface area contributed by atoms with Gasteiger partial charge in [-0.3, -0.25) is 0 Å². The van der Waals surface area contributed by atoms with Crippen molar-refractivity contribution in [3.8, 4) is 0 Å². The zero-order chi connectivity index (χ0) is 26.7. The van der Waals surface area contributed by atoms with E-state index in [2.05, 4.69) is 4.98 Å². The third kappa shape index (κ3) is 5.75. The van der Waals surface area contributed by atoms with Gasteiger partial charge in [-0.1, -0.05) is 11.6 Å². The highest BCUT2D eigenvalue weighted by molar-refractivity contribution is 7.15. The Morgan fingerprint density at radius 2 is 0.941 bits per heavy atom. The Morgan fingerprint density at radius 3 is 1.21 bits per heavy atom. The lowest BCUT2D eigenvalue weighted by atomic mass is 9.87. The summed E-state index contributed by atoms with van der Waals surface area (Å²) in [5.74, 6) is 0. The largest absolute Gasteiger partial charge is 0.419 e. The zero-order valence-corrected chi connectivity index (χ0v) is 16.8. The maximum absolute atomic E-state index is 13.5. The molecule has 0 bridgehead atoms. The number of nitrogens with one attached hydrogen (secondary N) is 1. The Balaban J connectivity index is 3.22. The minimum atomic E-state index is -6.93. The van der Waals surface area contributed by atoms with E-state index in [1.165, 1.54) is 0 Å². The van der Waals surface area contributed by atoms with E-state index in [1.807, 2.05) is 0 Å². The highest BCUT2D eigenvalue weighted by Gasteiger charge is 2.60. The van der Waals surface area contributed by atoms with E-state index >= 15 is 0 Å². The average molecular weight is 565 g/mol. The summed E-state index contributed by atoms with van der Waals surface area (Å²) in [6.07, 6.45) is -33.1. The van der Waals surface area contributed by atoms with Crippen molar-refractivity contribution in [3.63, 3.8) is 0 Å². The van der Waals surface area contributed by atoms with E-state index in [4.69, 9.17) is 11.6 Å². The predicted molar refractivity (Wildman–Crippen MR) is 85.9 cm³/mol. The number of benzene rings is 1. The van der Waals surface area contributed by atoms with Crippen molar-refractivity contribution in [2.24, 2.45) is 0 Å². The molecule has 1 N–H and O–H groups in total. The first-order valence-electron chi connectivity index (χ1n) is 7.91. The van der Waals surface area contributed by atoms with E-state index in [9.17, 15) is 65.9 Å². The molecule has 0 saturated carbocycles. The molecule has 19 heteroatoms. The van der Waals surface area contributed by atoms with Gasteiger partial charge in [-0.15, -0.1) is 11.3 Å². The second-order valence-electron chi connectivity index (χ2n) is 6.17. The Morgan fingerprint density at radius 1 is 0.618 bits per heavy atom. The van der Waals surface area contributed by atoms with Crippen molar-refractivity contribution in [2.75, 3.05) is 5.32 Å². The molecule has 0 atom stereocenters. The van der Waals surface area contributed by atoms with Gasteiger partial charge in [0.1, 0.15) is 0 Å². The minimum Gasteiger partial charge on any atom is -0.379 e. The SMILES string of the molecule is FC(F)(F)c1c(NCc2cnc(Cl)s2)c(C(F)(F)F)c(C(F)(F)F)c(C(F)(F)F)c1C(F)(F)F. The number of aromatic nitrogens is 1. The van der Waals surface area contributed by atoms with Crippen molar-refractivity contribution < 1.29 is 65.9 Å². The van der Waals surface area contributed by atoms with Gasteiger partial charge >= 0.3 is 30.9 Å². The topological polar surface area (TPSA) is 24.9 Å². The van der Waals surface area contributed by atoms with Gasteiger partial charge in [0.2, 0.25) is 0 Å². The third-order valence-corrected chi connectivity index (χ3v) is 5.00. The highest BCUT2D eigenvalue weighted by atomic mass is 35.5. The van der Waals surface area contributed by atoms with E-state index < -0.39 is 70.9 Å². The monoisotopic (exact) mass is 564 g/mol. The molecule has 0 amide bonds. The van der Waals surface area contributed by atoms with Crippen LogP contribution in [0.4, 0.5) is 71.5 Å². The van der Waals surface area contributed by atoms with Gasteiger partial charge in [0.05, 0.1) is 40.0 Å². The number of nitrogens with zero attached hydrogens (tertiary/aromatic N) is 1. The summed E-state index contributed by atoms with van der Waals surface area (Å²) in [5.41, 5.74) is -22.3. The summed E-state index contributed by atoms with van der Waals surface area (Å²) in [6.45, 7) is -1.30. The van der Waals surface area contributed by atoms with Crippen LogP contribution in [-0.2, 0) is 37.4 Å². The van der Waals surface area contributed by atoms with Crippen molar-refractivity contribution in [1.82, 2.24) is 4.98 Å². The molecule has 1 heterocycles. The second-order valence-corrected chi connectivity index (χ2v) is 7.87. The molecule has 0 fully saturated rings. The van der Waals surface area contributed by atoms with Gasteiger partial charge in [0.25, 0.3) is 0 Å². The lowest BCUT2D eigenvalue weighted by molar-refractivity contribution is -0.188. The van der Waals surface area contributed by atoms with Crippen LogP contribution < -0.4 is 5.32 Å². The number of hydrogen-bond acceptors (Lipinski definition) is 3. The van der Waals surface area contributed by atoms with E-state index in [-0.39, 0.29) is 9.34 Å². The maximum Gasteiger partial charge on any atom is 0.419 e. The van der Waals surface area contributed by atoms with Crippen LogP contribution in [0.25, 0.3) is 0 Å². The van der Waals surface area contributed by atoms with Crippen LogP contribution in [0, 0.1) is 0 Å². The fourth-order valence-corrected chi connectivity index (χ4v) is 3.80. The quantitative estimate of drug-likeness (QED) is 0.378. The molecule has 0 aliphatic rings. The van der Waals surface area contributed by atoms with Gasteiger partial charge in [0, 0.05) is 11.1 Å². The predicted octanol–water partition coefficient (Wildman–Crippen LogP) is 8.50. The number of thiazole rings is 1. The lowest BCUT2D eigenvalue weighted by Crippen LogP contribution is -2.32. The van der Waals surface area contributed by atoms with Crippen LogP contribution in [0.15, 0.2) is 6.20 Å². The van der Waals surface area contributed by atoms with E-state index in [0.29, 0.717) is 17.5 Å². The van der Waals surface area contributed by atoms with Crippen LogP contribution in [0.2, 0.25) is 4.47 Å². The third-order valence-electron chi connectivity index (χ3n) is 3.88. The number of rotatable bonds is 3. The first kappa shape index (κ1) is 28.1. The van der Waals surface area contributed by atoms with E-state index in [1.54, 1.807) is 0 Å². The zero-order valence-electron chi connectivity index (χ0n) is 15.2. The summed E-state index contributed by atoms with van der Waals surface area (Å²) < 4.78 is 201. The van der Waals surface area contributed by atoms with Crippen LogP contribution in [-0.4, -0.2) is 4.98 Å². The van der Waals surface area contributed by atoms with Crippen LogP contribution in [0.1, 0.15) is 32.7 Å². The van der Waals surface area contributed by atoms with Crippen LogP contribution in [0.3, 0.4) is 0 Å². The second kappa shape index (κ2) is 8.53. The smallest absolute Gasteiger partial charge is 0.379 e. The fraction of sp³-hybridized carbons (Fsp3) is 0.400. The summed E-state index contributed by atoms with van der Waals surface area (Å²) in [5, 5.41) is 1.13. The standard InChI is InChI=1S/C15H4ClF15N2S/c16-10-33-2-3(34-10)1-32-9-7(14(26,27)28)5(12(20,21)22)4(11(17,18)19)6(13(23,24)25)8(9)15(29,30)31/h2,32H,1H2. The molecule has 0 aliphatic carbocycles. The van der Waals surface area contributed by atoms with Crippen molar-refractivity contribution >= 4 is 28.6 Å². The molecule has 0 aliphatic heterocycles. The first-order chi connectivity index (χ1) is 15.0. The molecule has 1 aromatic heterocycles. The maximum atomic E-state index is 13.5. The molecule has 0 unspecified atom stereocenters. The van der Waals surface area contributed by atoms with Crippen LogP contribution >= 0.6 is 22.9 Å². The molecular weight excluding hydrogens is 561 g/mol. The molecule has 192 valence electrons. The summed E-state index contributed by atoms with van der Waals surface area (Å²) in [6, 6.07) is 0. The van der Waals surface area contributed by atoms with Crippen molar-refractivity contribution in [2.45, 2.75) is 37.4 Å². The average Bonchev–Trinajstić information content (AvgIpc) is 2.98. The van der Waals surface area contributed by atoms with Gasteiger partial charge in [-0.2, -0.15) is 65.9 Å². The van der Waals surface area contributed by atoms with Gasteiger partial charge in [-0.25, -0.2) is 4.98 Å². The Hall–Kier alpha value is -2.11. The normalized spacial score (nSPS) is 14.0. The number of halogens is 16. The molecular formula is C15H4ClF15N2S. The molecule has 34 heavy (non-hydrogen) atoms. The van der Waals surface area contributed by atoms with Crippen molar-refractivity contribution in [1.29, 1.82) is 0 Å². The number of anilines is 1. The van der Waals surface area contributed by atoms with Crippen molar-refractivity contribution in [3.05, 3.63) is 43.4 Å². The molecule has 2 aromatic rings. The molecule has 0 spiro atoms. The first-order valence-corrected chi connectivity index (χ1v) is 9.10. The lowest BCUT2D eigenvalue weighted by Gasteiger charge is -2.30. The van der Waals surface area contributed by atoms with Gasteiger partial charge < -0.3 is 5.32 Å². The summed E-state index contributed by atoms with van der Waals surface area (Å²) in [7, 11) is 0. The summed E-state index contributed by atoms with van der Waals surface area (Å²) in [4.78, 5) is 2.95. The summed E-state index contributed by atoms with van der Waals surface area (Å²) >= 11 is 5.75. The molecule has 2 rings (SSSR count). The number of hydrogen-bond donors (Lipinski definition) is 1. The molecule has 0 radical (unpaired) electrons. The van der Waals surface area contributed by atoms with Gasteiger partial charge in [0.15, 0.2) is 4.47 Å². The molecule has 0 saturated heterocycles. The van der Waals surface area contributed by atoms with Crippen LogP contribution in [0.5, 0.6) is 0 Å². The van der Waals surface area contributed by atoms with E-state index in [0.717, 1.165) is 5.32 Å². The number of alkyl halides is 15. The fourth-order valence-electron chi connectivity index (χ4n) is 2.89. The molecule has 1 aromatic carbocycles. The van der Waals surface area contributed by atoms with Gasteiger partial charge in [-0.05, 0) is 0 Å². The minimum absolute atomic E-state index is 0.358. The highest BCUT2D eigenvalue weighted by Crippen LogP contribution is 2.58. The Kier molecular flexibility index (Phi) is 7.05. The Bertz CT molecular complexity index is 1000. The Labute approximate surface area is 186 Å².